The lowest BCUT2D eigenvalue weighted by Crippen LogP contribution is -2.43. The van der Waals surface area contributed by atoms with E-state index in [1.807, 2.05) is 31.7 Å². The van der Waals surface area contributed by atoms with Gasteiger partial charge in [0, 0.05) is 25.0 Å². The molecule has 0 aromatic heterocycles. The van der Waals surface area contributed by atoms with Crippen LogP contribution in [0.1, 0.15) is 33.6 Å². The number of benzene rings is 2. The van der Waals surface area contributed by atoms with Gasteiger partial charge in [-0.1, -0.05) is 43.3 Å². The first-order valence-electron chi connectivity index (χ1n) is 10.4. The quantitative estimate of drug-likeness (QED) is 0.563. The van der Waals surface area contributed by atoms with Crippen LogP contribution < -0.4 is 5.73 Å². The van der Waals surface area contributed by atoms with Crippen LogP contribution in [0.15, 0.2) is 48.5 Å². The van der Waals surface area contributed by atoms with E-state index in [1.54, 1.807) is 24.3 Å². The van der Waals surface area contributed by atoms with E-state index in [0.717, 1.165) is 25.1 Å². The van der Waals surface area contributed by atoms with Crippen LogP contribution in [0.25, 0.3) is 11.1 Å². The fourth-order valence-electron chi connectivity index (χ4n) is 2.76. The Kier molecular flexibility index (Phi) is 15.6. The van der Waals surface area contributed by atoms with Gasteiger partial charge in [0.25, 0.3) is 0 Å². The Morgan fingerprint density at radius 2 is 1.55 bits per heavy atom. The topological polar surface area (TPSA) is 46.3 Å². The smallest absolute Gasteiger partial charge is 0.225 e. The van der Waals surface area contributed by atoms with Crippen LogP contribution in [0.4, 0.5) is 13.2 Å². The summed E-state index contributed by atoms with van der Waals surface area (Å²) in [7, 11) is 0.500. The van der Waals surface area contributed by atoms with Gasteiger partial charge < -0.3 is 10.6 Å². The number of thiol groups is 1. The summed E-state index contributed by atoms with van der Waals surface area (Å²) in [6.07, 6.45) is 2.15. The molecule has 1 aliphatic rings. The van der Waals surface area contributed by atoms with E-state index in [0.29, 0.717) is 31.1 Å². The predicted molar refractivity (Wildman–Crippen MR) is 127 cm³/mol. The van der Waals surface area contributed by atoms with Gasteiger partial charge in [0.1, 0.15) is 11.6 Å². The maximum Gasteiger partial charge on any atom is 0.225 e. The number of halogens is 3. The Labute approximate surface area is 190 Å². The molecule has 1 saturated carbocycles. The molecule has 1 atom stereocenters. The van der Waals surface area contributed by atoms with Crippen molar-refractivity contribution in [2.75, 3.05) is 26.0 Å². The number of hydrogen-bond acceptors (Lipinski definition) is 3. The van der Waals surface area contributed by atoms with Crippen LogP contribution in [0.3, 0.4) is 0 Å². The van der Waals surface area contributed by atoms with E-state index in [4.69, 9.17) is 5.73 Å². The first kappa shape index (κ1) is 29.0. The van der Waals surface area contributed by atoms with Gasteiger partial charge in [0.2, 0.25) is 5.91 Å². The van der Waals surface area contributed by atoms with Gasteiger partial charge in [-0.05, 0) is 50.1 Å². The molecule has 0 saturated heterocycles. The maximum absolute atomic E-state index is 13.3. The zero-order valence-corrected chi connectivity index (χ0v) is 19.7. The lowest BCUT2D eigenvalue weighted by Gasteiger charge is -2.27. The fraction of sp³-hybridized carbons (Fsp3) is 0.458. The highest BCUT2D eigenvalue weighted by Crippen LogP contribution is 2.31. The highest BCUT2D eigenvalue weighted by Gasteiger charge is 2.34. The van der Waals surface area contributed by atoms with Crippen molar-refractivity contribution in [2.45, 2.75) is 39.7 Å². The van der Waals surface area contributed by atoms with Gasteiger partial charge in [-0.15, -0.1) is 0 Å². The van der Waals surface area contributed by atoms with E-state index in [9.17, 15) is 18.0 Å². The van der Waals surface area contributed by atoms with Crippen LogP contribution in [0.2, 0.25) is 0 Å². The molecule has 31 heavy (non-hydrogen) atoms. The Morgan fingerprint density at radius 3 is 1.94 bits per heavy atom. The zero-order chi connectivity index (χ0) is 23.8. The van der Waals surface area contributed by atoms with E-state index in [1.165, 1.54) is 18.2 Å². The van der Waals surface area contributed by atoms with Crippen LogP contribution in [0, 0.1) is 17.6 Å². The second kappa shape index (κ2) is 16.7. The first-order valence-corrected chi connectivity index (χ1v) is 11.0. The molecule has 1 aliphatic carbocycles. The standard InChI is InChI=1S/C12H8F2.C9H18N2O.C2H6S.CH3F/c13-10-7-4-8-11(14)12(10)9-5-2-1-3-6-9;1-3-11(7(2)6-10)9(12)8-4-5-8;1-2-3;1-2/h1-8H;7-8H,3-6,10H2,1-2H3;3H,2H2,1H3;1H3/t;7-;;/m.0../s1. The number of likely N-dealkylation sites (N-methyl/N-ethyl adjacent to an activating group) is 1. The number of nitrogens with two attached hydrogens (primary N) is 1. The van der Waals surface area contributed by atoms with Gasteiger partial charge in [-0.2, -0.15) is 12.6 Å². The minimum absolute atomic E-state index is 0.0353. The molecule has 2 aromatic carbocycles. The monoisotopic (exact) mass is 456 g/mol. The number of alkyl halides is 1. The van der Waals surface area contributed by atoms with Gasteiger partial charge in [0.15, 0.2) is 0 Å². The van der Waals surface area contributed by atoms with E-state index >= 15 is 0 Å². The Bertz CT molecular complexity index is 723. The SMILES string of the molecule is CCN(C(=O)C1CC1)[C@@H](C)CN.CCS.CF.Fc1cccc(F)c1-c1ccccc1. The van der Waals surface area contributed by atoms with Crippen LogP contribution in [-0.4, -0.2) is 42.9 Å². The number of carbonyl (C=O) groups excluding carboxylic acids is 1. The van der Waals surface area contributed by atoms with Crippen molar-refractivity contribution in [3.63, 3.8) is 0 Å². The molecule has 1 amide bonds. The minimum atomic E-state index is -0.531. The summed E-state index contributed by atoms with van der Waals surface area (Å²) in [5, 5.41) is 0. The summed E-state index contributed by atoms with van der Waals surface area (Å²) in [6.45, 7) is 7.35. The number of amides is 1. The summed E-state index contributed by atoms with van der Waals surface area (Å²) in [6, 6.07) is 12.7. The molecule has 0 heterocycles. The van der Waals surface area contributed by atoms with E-state index in [2.05, 4.69) is 12.6 Å². The molecule has 0 spiro atoms. The Hall–Kier alpha value is -1.99. The van der Waals surface area contributed by atoms with Gasteiger partial charge in [0.05, 0.1) is 12.7 Å². The summed E-state index contributed by atoms with van der Waals surface area (Å²) >= 11 is 3.79. The molecular weight excluding hydrogens is 421 g/mol. The van der Waals surface area contributed by atoms with Crippen LogP contribution in [0.5, 0.6) is 0 Å². The third kappa shape index (κ3) is 10.2. The summed E-state index contributed by atoms with van der Waals surface area (Å²) < 4.78 is 36.1. The second-order valence-electron chi connectivity index (χ2n) is 6.76. The lowest BCUT2D eigenvalue weighted by atomic mass is 10.0. The summed E-state index contributed by atoms with van der Waals surface area (Å²) in [5.74, 6) is 0.502. The summed E-state index contributed by atoms with van der Waals surface area (Å²) in [4.78, 5) is 13.5. The Morgan fingerprint density at radius 1 is 1.06 bits per heavy atom. The average molecular weight is 457 g/mol. The van der Waals surface area contributed by atoms with Crippen molar-refractivity contribution in [3.8, 4) is 11.1 Å². The predicted octanol–water partition coefficient (Wildman–Crippen LogP) is 5.75. The van der Waals surface area contributed by atoms with Crippen molar-refractivity contribution in [1.29, 1.82) is 0 Å². The van der Waals surface area contributed by atoms with Crippen molar-refractivity contribution in [2.24, 2.45) is 11.7 Å². The molecule has 2 N–H and O–H groups in total. The molecule has 0 radical (unpaired) electrons. The maximum atomic E-state index is 13.3. The van der Waals surface area contributed by atoms with Crippen molar-refractivity contribution < 1.29 is 18.0 Å². The first-order chi connectivity index (χ1) is 14.9. The normalized spacial score (nSPS) is 12.7. The highest BCUT2D eigenvalue weighted by atomic mass is 32.1. The minimum Gasteiger partial charge on any atom is -0.339 e. The molecule has 1 fully saturated rings. The summed E-state index contributed by atoms with van der Waals surface area (Å²) in [5.41, 5.74) is 6.11. The molecule has 2 aromatic rings. The highest BCUT2D eigenvalue weighted by molar-refractivity contribution is 7.80. The van der Waals surface area contributed by atoms with Crippen molar-refractivity contribution in [3.05, 3.63) is 60.2 Å². The van der Waals surface area contributed by atoms with Gasteiger partial charge >= 0.3 is 0 Å². The third-order valence-corrected chi connectivity index (χ3v) is 4.45. The molecule has 174 valence electrons. The van der Waals surface area contributed by atoms with Crippen molar-refractivity contribution >= 4 is 18.5 Å². The molecule has 3 rings (SSSR count). The van der Waals surface area contributed by atoms with Crippen molar-refractivity contribution in [1.82, 2.24) is 4.90 Å². The molecule has 0 bridgehead atoms. The molecule has 0 unspecified atom stereocenters. The Balaban J connectivity index is 0.000000486. The van der Waals surface area contributed by atoms with Crippen LogP contribution in [-0.2, 0) is 4.79 Å². The second-order valence-corrected chi connectivity index (χ2v) is 7.39. The molecule has 3 nitrogen and oxygen atoms in total. The number of carbonyl (C=O) groups is 1. The average Bonchev–Trinajstić information content (AvgIpc) is 3.63. The number of nitrogens with zero attached hydrogens (tertiary/aromatic N) is 1. The van der Waals surface area contributed by atoms with E-state index in [-0.39, 0.29) is 11.6 Å². The number of hydrogen-bond donors (Lipinski definition) is 2. The molecule has 0 aliphatic heterocycles. The number of rotatable bonds is 5. The van der Waals surface area contributed by atoms with Gasteiger partial charge in [-0.3, -0.25) is 9.18 Å². The largest absolute Gasteiger partial charge is 0.339 e. The fourth-order valence-corrected chi connectivity index (χ4v) is 2.76. The van der Waals surface area contributed by atoms with Crippen LogP contribution >= 0.6 is 12.6 Å². The third-order valence-electron chi connectivity index (χ3n) is 4.45. The molecular formula is C24H35F3N2OS. The lowest BCUT2D eigenvalue weighted by molar-refractivity contribution is -0.134. The zero-order valence-electron chi connectivity index (χ0n) is 18.8. The van der Waals surface area contributed by atoms with Gasteiger partial charge in [-0.25, -0.2) is 8.78 Å². The molecule has 7 heteroatoms. The van der Waals surface area contributed by atoms with E-state index < -0.39 is 11.6 Å².